The molecule has 0 aliphatic rings. The fourth-order valence-electron chi connectivity index (χ4n) is 3.18. The number of aromatic amines is 1. The molecular formula is C21H22N6OS. The topological polar surface area (TPSA) is 109 Å². The first-order valence-corrected chi connectivity index (χ1v) is 10.2. The molecule has 0 fully saturated rings. The minimum Gasteiger partial charge on any atom is -0.361 e. The molecule has 1 aromatic carbocycles. The molecule has 0 bridgehead atoms. The quantitative estimate of drug-likeness (QED) is 0.377. The third-order valence-electron chi connectivity index (χ3n) is 4.64. The number of aromatic nitrogens is 3. The molecule has 1 atom stereocenters. The van der Waals surface area contributed by atoms with Gasteiger partial charge in [0.1, 0.15) is 0 Å². The average Bonchev–Trinajstić information content (AvgIpc) is 3.40. The molecule has 0 aliphatic carbocycles. The van der Waals surface area contributed by atoms with Crippen LogP contribution < -0.4 is 16.4 Å². The van der Waals surface area contributed by atoms with Crippen LogP contribution in [0.3, 0.4) is 0 Å². The third kappa shape index (κ3) is 4.28. The molecule has 3 heterocycles. The fourth-order valence-corrected chi connectivity index (χ4v) is 4.07. The summed E-state index contributed by atoms with van der Waals surface area (Å²) in [6.07, 6.45) is 4.37. The molecule has 0 saturated carbocycles. The van der Waals surface area contributed by atoms with Crippen LogP contribution in [-0.4, -0.2) is 40.5 Å². The molecule has 3 aromatic heterocycles. The summed E-state index contributed by atoms with van der Waals surface area (Å²) in [5.74, 6) is 0.420. The van der Waals surface area contributed by atoms with Gasteiger partial charge in [0.2, 0.25) is 5.95 Å². The summed E-state index contributed by atoms with van der Waals surface area (Å²) < 4.78 is 0. The zero-order valence-corrected chi connectivity index (χ0v) is 16.8. The zero-order valence-electron chi connectivity index (χ0n) is 16.0. The Bertz CT molecular complexity index is 1130. The maximum atomic E-state index is 12.5. The van der Waals surface area contributed by atoms with Crippen molar-refractivity contribution in [3.05, 3.63) is 65.3 Å². The van der Waals surface area contributed by atoms with E-state index in [1.807, 2.05) is 42.6 Å². The molecule has 0 saturated heterocycles. The second kappa shape index (κ2) is 8.42. The molecule has 29 heavy (non-hydrogen) atoms. The number of carbonyl (C=O) groups is 1. The zero-order chi connectivity index (χ0) is 20.2. The van der Waals surface area contributed by atoms with Crippen molar-refractivity contribution in [3.8, 4) is 10.6 Å². The van der Waals surface area contributed by atoms with Crippen molar-refractivity contribution in [3.63, 3.8) is 0 Å². The summed E-state index contributed by atoms with van der Waals surface area (Å²) in [5.41, 5.74) is 9.29. The van der Waals surface area contributed by atoms with Crippen molar-refractivity contribution in [1.29, 1.82) is 0 Å². The van der Waals surface area contributed by atoms with Gasteiger partial charge in [0.05, 0.1) is 15.4 Å². The van der Waals surface area contributed by atoms with Crippen LogP contribution in [-0.2, 0) is 6.42 Å². The van der Waals surface area contributed by atoms with E-state index < -0.39 is 0 Å². The number of rotatable bonds is 7. The number of nitrogens with two attached hydrogens (primary N) is 1. The maximum absolute atomic E-state index is 12.5. The van der Waals surface area contributed by atoms with Gasteiger partial charge in [-0.15, -0.1) is 11.3 Å². The van der Waals surface area contributed by atoms with E-state index in [1.165, 1.54) is 16.7 Å². The van der Waals surface area contributed by atoms with E-state index in [0.29, 0.717) is 23.8 Å². The lowest BCUT2D eigenvalue weighted by Gasteiger charge is -2.12. The van der Waals surface area contributed by atoms with Gasteiger partial charge < -0.3 is 21.4 Å². The number of nitrogens with zero attached hydrogens (tertiary/aromatic N) is 2. The van der Waals surface area contributed by atoms with E-state index in [1.54, 1.807) is 13.2 Å². The molecule has 148 valence electrons. The molecule has 0 aliphatic heterocycles. The molecular weight excluding hydrogens is 384 g/mol. The summed E-state index contributed by atoms with van der Waals surface area (Å²) in [5, 5.41) is 7.02. The number of amides is 1. The lowest BCUT2D eigenvalue weighted by molar-refractivity contribution is 0.0955. The van der Waals surface area contributed by atoms with Gasteiger partial charge in [-0.1, -0.05) is 18.2 Å². The van der Waals surface area contributed by atoms with Gasteiger partial charge in [0.25, 0.3) is 5.91 Å². The average molecular weight is 407 g/mol. The SMILES string of the molecule is CNc1nccc(-c2ccc(C(=O)NC[C@H](N)Cc3c[nH]c4ccccc34)s2)n1. The number of benzene rings is 1. The number of thiophene rings is 1. The molecule has 0 spiro atoms. The van der Waals surface area contributed by atoms with Crippen molar-refractivity contribution >= 4 is 34.1 Å². The van der Waals surface area contributed by atoms with Gasteiger partial charge in [0, 0.05) is 42.9 Å². The van der Waals surface area contributed by atoms with Gasteiger partial charge >= 0.3 is 0 Å². The Hall–Kier alpha value is -3.23. The first-order valence-electron chi connectivity index (χ1n) is 9.34. The molecule has 5 N–H and O–H groups in total. The molecule has 0 unspecified atom stereocenters. The smallest absolute Gasteiger partial charge is 0.261 e. The van der Waals surface area contributed by atoms with Crippen molar-refractivity contribution in [2.45, 2.75) is 12.5 Å². The van der Waals surface area contributed by atoms with Crippen LogP contribution in [0.2, 0.25) is 0 Å². The van der Waals surface area contributed by atoms with Crippen LogP contribution in [0.1, 0.15) is 15.2 Å². The van der Waals surface area contributed by atoms with E-state index in [-0.39, 0.29) is 11.9 Å². The molecule has 4 rings (SSSR count). The van der Waals surface area contributed by atoms with E-state index in [0.717, 1.165) is 21.7 Å². The molecule has 4 aromatic rings. The Kier molecular flexibility index (Phi) is 5.55. The minimum atomic E-state index is -0.169. The summed E-state index contributed by atoms with van der Waals surface area (Å²) in [6, 6.07) is 13.5. The van der Waals surface area contributed by atoms with Crippen LogP contribution in [0.25, 0.3) is 21.5 Å². The standard InChI is InChI=1S/C21H22N6OS/c1-23-21-24-9-8-17(27-21)18-6-7-19(29-18)20(28)26-12-14(22)10-13-11-25-16-5-3-2-4-15(13)16/h2-9,11,14,25H,10,12,22H2,1H3,(H,26,28)(H,23,24,27)/t14-/m1/s1. The number of nitrogens with one attached hydrogen (secondary N) is 3. The predicted octanol–water partition coefficient (Wildman–Crippen LogP) is 3.03. The summed E-state index contributed by atoms with van der Waals surface area (Å²) in [6.45, 7) is 0.406. The highest BCUT2D eigenvalue weighted by atomic mass is 32.1. The largest absolute Gasteiger partial charge is 0.361 e. The monoisotopic (exact) mass is 406 g/mol. The Morgan fingerprint density at radius 1 is 1.24 bits per heavy atom. The van der Waals surface area contributed by atoms with Gasteiger partial charge in [0.15, 0.2) is 0 Å². The predicted molar refractivity (Wildman–Crippen MR) is 117 cm³/mol. The minimum absolute atomic E-state index is 0.126. The summed E-state index contributed by atoms with van der Waals surface area (Å²) >= 11 is 1.40. The Morgan fingerprint density at radius 3 is 2.97 bits per heavy atom. The lowest BCUT2D eigenvalue weighted by atomic mass is 10.1. The van der Waals surface area contributed by atoms with Crippen molar-refractivity contribution in [1.82, 2.24) is 20.3 Å². The van der Waals surface area contributed by atoms with E-state index in [2.05, 4.69) is 31.7 Å². The van der Waals surface area contributed by atoms with E-state index in [9.17, 15) is 4.79 Å². The number of fused-ring (bicyclic) bond motifs is 1. The summed E-state index contributed by atoms with van der Waals surface area (Å²) in [7, 11) is 1.77. The first kappa shape index (κ1) is 19.1. The van der Waals surface area contributed by atoms with Crippen LogP contribution in [0, 0.1) is 0 Å². The third-order valence-corrected chi connectivity index (χ3v) is 5.75. The Balaban J connectivity index is 1.36. The first-order chi connectivity index (χ1) is 14.1. The highest BCUT2D eigenvalue weighted by Crippen LogP contribution is 2.27. The number of para-hydroxylation sites is 1. The summed E-state index contributed by atoms with van der Waals surface area (Å²) in [4.78, 5) is 25.8. The normalized spacial score (nSPS) is 12.1. The second-order valence-corrected chi connectivity index (χ2v) is 7.80. The van der Waals surface area contributed by atoms with E-state index in [4.69, 9.17) is 5.73 Å². The molecule has 1 amide bonds. The van der Waals surface area contributed by atoms with Crippen molar-refractivity contribution in [2.75, 3.05) is 18.9 Å². The number of hydrogen-bond acceptors (Lipinski definition) is 6. The Labute approximate surface area is 172 Å². The van der Waals surface area contributed by atoms with Gasteiger partial charge in [-0.05, 0) is 36.2 Å². The van der Waals surface area contributed by atoms with Gasteiger partial charge in [-0.3, -0.25) is 4.79 Å². The molecule has 0 radical (unpaired) electrons. The molecule has 8 heteroatoms. The number of hydrogen-bond donors (Lipinski definition) is 4. The van der Waals surface area contributed by atoms with Crippen LogP contribution in [0.4, 0.5) is 5.95 Å². The maximum Gasteiger partial charge on any atom is 0.261 e. The van der Waals surface area contributed by atoms with Gasteiger partial charge in [-0.2, -0.15) is 0 Å². The van der Waals surface area contributed by atoms with E-state index >= 15 is 0 Å². The lowest BCUT2D eigenvalue weighted by Crippen LogP contribution is -2.38. The van der Waals surface area contributed by atoms with Crippen molar-refractivity contribution in [2.24, 2.45) is 5.73 Å². The van der Waals surface area contributed by atoms with Gasteiger partial charge in [-0.25, -0.2) is 9.97 Å². The Morgan fingerprint density at radius 2 is 2.10 bits per heavy atom. The molecule has 7 nitrogen and oxygen atoms in total. The van der Waals surface area contributed by atoms with Crippen LogP contribution >= 0.6 is 11.3 Å². The fraction of sp³-hybridized carbons (Fsp3) is 0.190. The second-order valence-electron chi connectivity index (χ2n) is 6.71. The number of H-pyrrole nitrogens is 1. The highest BCUT2D eigenvalue weighted by Gasteiger charge is 2.14. The van der Waals surface area contributed by atoms with Crippen LogP contribution in [0.15, 0.2) is 54.9 Å². The number of anilines is 1. The number of carbonyl (C=O) groups excluding carboxylic acids is 1. The highest BCUT2D eigenvalue weighted by molar-refractivity contribution is 7.17. The van der Waals surface area contributed by atoms with Crippen molar-refractivity contribution < 1.29 is 4.79 Å². The van der Waals surface area contributed by atoms with Crippen LogP contribution in [0.5, 0.6) is 0 Å².